The predicted octanol–water partition coefficient (Wildman–Crippen LogP) is 0.928. The fraction of sp³-hybridized carbons (Fsp3) is 0.467. The number of methoxy groups -OCH3 is 1. The van der Waals surface area contributed by atoms with Crippen LogP contribution in [-0.2, 0) is 4.79 Å². The Bertz CT molecular complexity index is 510. The number of hydrogen-bond donors (Lipinski definition) is 1. The monoisotopic (exact) mass is 292 g/mol. The Labute approximate surface area is 123 Å². The van der Waals surface area contributed by atoms with Crippen molar-refractivity contribution in [3.8, 4) is 5.75 Å². The number of rotatable bonds is 5. The molecule has 1 amide bonds. The van der Waals surface area contributed by atoms with Gasteiger partial charge in [-0.25, -0.2) is 0 Å². The molecule has 0 saturated carbocycles. The first kappa shape index (κ1) is 15.3. The number of amides is 1. The van der Waals surface area contributed by atoms with E-state index in [0.29, 0.717) is 44.0 Å². The van der Waals surface area contributed by atoms with Crippen LogP contribution in [0.1, 0.15) is 16.8 Å². The summed E-state index contributed by atoms with van der Waals surface area (Å²) in [5.41, 5.74) is 0.569. The van der Waals surface area contributed by atoms with Crippen LogP contribution < -0.4 is 4.74 Å². The van der Waals surface area contributed by atoms with Crippen molar-refractivity contribution in [3.63, 3.8) is 0 Å². The average Bonchev–Trinajstić information content (AvgIpc) is 2.52. The van der Waals surface area contributed by atoms with Crippen LogP contribution >= 0.6 is 0 Å². The molecule has 1 fully saturated rings. The van der Waals surface area contributed by atoms with Crippen molar-refractivity contribution in [2.45, 2.75) is 6.42 Å². The van der Waals surface area contributed by atoms with Crippen LogP contribution in [0.2, 0.25) is 0 Å². The van der Waals surface area contributed by atoms with E-state index in [-0.39, 0.29) is 12.3 Å². The van der Waals surface area contributed by atoms with E-state index < -0.39 is 5.97 Å². The van der Waals surface area contributed by atoms with Crippen LogP contribution in [0.4, 0.5) is 0 Å². The van der Waals surface area contributed by atoms with Crippen molar-refractivity contribution in [1.82, 2.24) is 9.80 Å². The topological polar surface area (TPSA) is 70.1 Å². The fourth-order valence-corrected chi connectivity index (χ4v) is 2.42. The van der Waals surface area contributed by atoms with Gasteiger partial charge in [-0.1, -0.05) is 12.1 Å². The summed E-state index contributed by atoms with van der Waals surface area (Å²) in [5.74, 6) is -0.247. The fourth-order valence-electron chi connectivity index (χ4n) is 2.42. The van der Waals surface area contributed by atoms with Crippen LogP contribution in [0.15, 0.2) is 24.3 Å². The summed E-state index contributed by atoms with van der Waals surface area (Å²) in [6.45, 7) is 3.15. The SMILES string of the molecule is COc1ccccc1C(=O)N1CCN(CCC(=O)O)CC1. The molecule has 0 atom stereocenters. The van der Waals surface area contributed by atoms with E-state index >= 15 is 0 Å². The Morgan fingerprint density at radius 1 is 1.19 bits per heavy atom. The predicted molar refractivity (Wildman–Crippen MR) is 77.6 cm³/mol. The van der Waals surface area contributed by atoms with Crippen molar-refractivity contribution in [2.24, 2.45) is 0 Å². The molecule has 6 heteroatoms. The van der Waals surface area contributed by atoms with Crippen LogP contribution in [0, 0.1) is 0 Å². The van der Waals surface area contributed by atoms with Gasteiger partial charge in [0.15, 0.2) is 0 Å². The molecule has 1 heterocycles. The molecular formula is C15H20N2O4. The maximum atomic E-state index is 12.5. The molecule has 1 aliphatic rings. The van der Waals surface area contributed by atoms with E-state index in [2.05, 4.69) is 4.90 Å². The highest BCUT2D eigenvalue weighted by atomic mass is 16.5. The molecule has 0 radical (unpaired) electrons. The lowest BCUT2D eigenvalue weighted by Gasteiger charge is -2.34. The molecule has 1 aromatic rings. The number of carbonyl (C=O) groups excluding carboxylic acids is 1. The van der Waals surface area contributed by atoms with Gasteiger partial charge in [-0.3, -0.25) is 14.5 Å². The Morgan fingerprint density at radius 2 is 1.86 bits per heavy atom. The minimum absolute atomic E-state index is 0.0367. The second kappa shape index (κ2) is 7.08. The first-order valence-corrected chi connectivity index (χ1v) is 6.98. The number of ether oxygens (including phenoxy) is 1. The summed E-state index contributed by atoms with van der Waals surface area (Å²) in [6, 6.07) is 7.19. The van der Waals surface area contributed by atoms with Crippen molar-refractivity contribution in [1.29, 1.82) is 0 Å². The highest BCUT2D eigenvalue weighted by Gasteiger charge is 2.24. The summed E-state index contributed by atoms with van der Waals surface area (Å²) >= 11 is 0. The van der Waals surface area contributed by atoms with Gasteiger partial charge in [-0.15, -0.1) is 0 Å². The lowest BCUT2D eigenvalue weighted by atomic mass is 10.1. The third-order valence-electron chi connectivity index (χ3n) is 3.64. The molecule has 1 N–H and O–H groups in total. The second-order valence-corrected chi connectivity index (χ2v) is 4.98. The van der Waals surface area contributed by atoms with Gasteiger partial charge < -0.3 is 14.7 Å². The van der Waals surface area contributed by atoms with Gasteiger partial charge >= 0.3 is 5.97 Å². The van der Waals surface area contributed by atoms with Crippen LogP contribution in [0.3, 0.4) is 0 Å². The molecule has 114 valence electrons. The zero-order valence-electron chi connectivity index (χ0n) is 12.1. The third-order valence-corrected chi connectivity index (χ3v) is 3.64. The molecule has 0 aromatic heterocycles. The van der Waals surface area contributed by atoms with Gasteiger partial charge in [0.25, 0.3) is 5.91 Å². The van der Waals surface area contributed by atoms with Gasteiger partial charge in [-0.05, 0) is 12.1 Å². The largest absolute Gasteiger partial charge is 0.496 e. The summed E-state index contributed by atoms with van der Waals surface area (Å²) in [7, 11) is 1.55. The van der Waals surface area contributed by atoms with Gasteiger partial charge in [0.2, 0.25) is 0 Å². The minimum Gasteiger partial charge on any atom is -0.496 e. The van der Waals surface area contributed by atoms with Gasteiger partial charge in [0.1, 0.15) is 5.75 Å². The van der Waals surface area contributed by atoms with E-state index in [1.54, 1.807) is 24.1 Å². The van der Waals surface area contributed by atoms with Crippen molar-refractivity contribution in [2.75, 3.05) is 39.8 Å². The quantitative estimate of drug-likeness (QED) is 0.874. The Balaban J connectivity index is 1.92. The van der Waals surface area contributed by atoms with E-state index in [9.17, 15) is 9.59 Å². The van der Waals surface area contributed by atoms with Gasteiger partial charge in [0.05, 0.1) is 19.1 Å². The molecule has 1 aliphatic heterocycles. The number of carbonyl (C=O) groups is 2. The molecule has 0 spiro atoms. The molecule has 1 aromatic carbocycles. The van der Waals surface area contributed by atoms with Crippen molar-refractivity contribution < 1.29 is 19.4 Å². The van der Waals surface area contributed by atoms with Crippen molar-refractivity contribution >= 4 is 11.9 Å². The van der Waals surface area contributed by atoms with Crippen LogP contribution in [-0.4, -0.2) is 66.6 Å². The van der Waals surface area contributed by atoms with E-state index in [4.69, 9.17) is 9.84 Å². The molecule has 21 heavy (non-hydrogen) atoms. The van der Waals surface area contributed by atoms with Gasteiger partial charge in [0, 0.05) is 32.7 Å². The first-order valence-electron chi connectivity index (χ1n) is 6.98. The number of hydrogen-bond acceptors (Lipinski definition) is 4. The molecule has 6 nitrogen and oxygen atoms in total. The number of para-hydroxylation sites is 1. The third kappa shape index (κ3) is 3.95. The maximum absolute atomic E-state index is 12.5. The van der Waals surface area contributed by atoms with Crippen LogP contribution in [0.5, 0.6) is 5.75 Å². The molecule has 0 bridgehead atoms. The standard InChI is InChI=1S/C15H20N2O4/c1-21-13-5-3-2-4-12(13)15(20)17-10-8-16(9-11-17)7-6-14(18)19/h2-5H,6-11H2,1H3,(H,18,19). The second-order valence-electron chi connectivity index (χ2n) is 4.98. The lowest BCUT2D eigenvalue weighted by Crippen LogP contribution is -2.49. The zero-order chi connectivity index (χ0) is 15.2. The summed E-state index contributed by atoms with van der Waals surface area (Å²) < 4.78 is 5.22. The number of benzene rings is 1. The minimum atomic E-state index is -0.789. The summed E-state index contributed by atoms with van der Waals surface area (Å²) in [6.07, 6.45) is 0.139. The smallest absolute Gasteiger partial charge is 0.304 e. The van der Waals surface area contributed by atoms with Crippen LogP contribution in [0.25, 0.3) is 0 Å². The molecule has 0 unspecified atom stereocenters. The summed E-state index contributed by atoms with van der Waals surface area (Å²) in [5, 5.41) is 8.69. The Kier molecular flexibility index (Phi) is 5.16. The number of carboxylic acids is 1. The molecular weight excluding hydrogens is 272 g/mol. The average molecular weight is 292 g/mol. The van der Waals surface area contributed by atoms with E-state index in [1.165, 1.54) is 0 Å². The Morgan fingerprint density at radius 3 is 2.48 bits per heavy atom. The molecule has 2 rings (SSSR count). The lowest BCUT2D eigenvalue weighted by molar-refractivity contribution is -0.137. The van der Waals surface area contributed by atoms with Gasteiger partial charge in [-0.2, -0.15) is 0 Å². The number of aliphatic carboxylic acids is 1. The molecule has 0 aliphatic carbocycles. The van der Waals surface area contributed by atoms with E-state index in [1.807, 2.05) is 12.1 Å². The molecule has 1 saturated heterocycles. The first-order chi connectivity index (χ1) is 10.1. The highest BCUT2D eigenvalue weighted by Crippen LogP contribution is 2.20. The summed E-state index contributed by atoms with van der Waals surface area (Å²) in [4.78, 5) is 26.9. The zero-order valence-corrected chi connectivity index (χ0v) is 12.1. The van der Waals surface area contributed by atoms with E-state index in [0.717, 1.165) is 0 Å². The Hall–Kier alpha value is -2.08. The normalized spacial score (nSPS) is 15.8. The maximum Gasteiger partial charge on any atom is 0.304 e. The number of piperazine rings is 1. The number of nitrogens with zero attached hydrogens (tertiary/aromatic N) is 2. The van der Waals surface area contributed by atoms with Crippen molar-refractivity contribution in [3.05, 3.63) is 29.8 Å². The highest BCUT2D eigenvalue weighted by molar-refractivity contribution is 5.97. The number of carboxylic acid groups (broad SMARTS) is 1.